The van der Waals surface area contributed by atoms with Crippen LogP contribution in [-0.2, 0) is 6.61 Å². The molecular weight excluding hydrogens is 414 g/mol. The summed E-state index contributed by atoms with van der Waals surface area (Å²) < 4.78 is 11.6. The molecule has 0 fully saturated rings. The molecule has 3 rings (SSSR count). The SMILES string of the molecule is CCOc1cc(/C=C(/C#N)c2ccc(C(=O)O)cc2)cc(Cl)c1OCc1ccccc1. The molecule has 0 aromatic heterocycles. The second-order valence-electron chi connectivity index (χ2n) is 6.59. The molecule has 0 bridgehead atoms. The Morgan fingerprint density at radius 2 is 1.74 bits per heavy atom. The number of carboxylic acids is 1. The highest BCUT2D eigenvalue weighted by Gasteiger charge is 2.13. The van der Waals surface area contributed by atoms with Crippen LogP contribution in [0.15, 0.2) is 66.7 Å². The summed E-state index contributed by atoms with van der Waals surface area (Å²) in [6, 6.07) is 21.4. The van der Waals surface area contributed by atoms with E-state index in [-0.39, 0.29) is 5.56 Å². The van der Waals surface area contributed by atoms with E-state index in [0.29, 0.717) is 46.4 Å². The Balaban J connectivity index is 1.91. The van der Waals surface area contributed by atoms with Crippen molar-refractivity contribution in [2.24, 2.45) is 0 Å². The van der Waals surface area contributed by atoms with Crippen LogP contribution in [-0.4, -0.2) is 17.7 Å². The molecule has 3 aromatic rings. The van der Waals surface area contributed by atoms with Crippen LogP contribution >= 0.6 is 11.6 Å². The van der Waals surface area contributed by atoms with Crippen LogP contribution in [0.4, 0.5) is 0 Å². The van der Waals surface area contributed by atoms with E-state index in [1.54, 1.807) is 30.3 Å². The number of carbonyl (C=O) groups is 1. The molecule has 31 heavy (non-hydrogen) atoms. The summed E-state index contributed by atoms with van der Waals surface area (Å²) >= 11 is 6.48. The van der Waals surface area contributed by atoms with E-state index < -0.39 is 5.97 Å². The Labute approximate surface area is 185 Å². The maximum Gasteiger partial charge on any atom is 0.335 e. The predicted molar refractivity (Wildman–Crippen MR) is 120 cm³/mol. The molecule has 156 valence electrons. The van der Waals surface area contributed by atoms with Gasteiger partial charge in [0.1, 0.15) is 6.61 Å². The van der Waals surface area contributed by atoms with Gasteiger partial charge in [0.15, 0.2) is 11.5 Å². The first-order valence-corrected chi connectivity index (χ1v) is 9.98. The summed E-state index contributed by atoms with van der Waals surface area (Å²) in [7, 11) is 0. The number of allylic oxidation sites excluding steroid dienone is 1. The van der Waals surface area contributed by atoms with Gasteiger partial charge in [-0.1, -0.05) is 54.1 Å². The molecule has 0 unspecified atom stereocenters. The lowest BCUT2D eigenvalue weighted by atomic mass is 10.0. The van der Waals surface area contributed by atoms with Gasteiger partial charge in [0.25, 0.3) is 0 Å². The minimum atomic E-state index is -1.02. The molecule has 0 atom stereocenters. The summed E-state index contributed by atoms with van der Waals surface area (Å²) in [5.74, 6) is -0.0993. The average Bonchev–Trinajstić information content (AvgIpc) is 2.78. The monoisotopic (exact) mass is 433 g/mol. The number of halogens is 1. The van der Waals surface area contributed by atoms with Gasteiger partial charge in [-0.05, 0) is 54.0 Å². The normalized spacial score (nSPS) is 10.9. The van der Waals surface area contributed by atoms with Gasteiger partial charge < -0.3 is 14.6 Å². The van der Waals surface area contributed by atoms with Crippen LogP contribution in [0.1, 0.15) is 34.0 Å². The van der Waals surface area contributed by atoms with E-state index >= 15 is 0 Å². The van der Waals surface area contributed by atoms with Gasteiger partial charge in [-0.2, -0.15) is 5.26 Å². The molecule has 0 aliphatic rings. The van der Waals surface area contributed by atoms with Crippen molar-refractivity contribution in [1.29, 1.82) is 5.26 Å². The van der Waals surface area contributed by atoms with Crippen molar-refractivity contribution in [1.82, 2.24) is 0 Å². The third-order valence-corrected chi connectivity index (χ3v) is 4.71. The van der Waals surface area contributed by atoms with Crippen LogP contribution < -0.4 is 9.47 Å². The Bertz CT molecular complexity index is 1130. The highest BCUT2D eigenvalue weighted by atomic mass is 35.5. The standard InChI is InChI=1S/C25H20ClNO4/c1-2-30-23-14-18(12-21(15-27)19-8-10-20(11-9-19)25(28)29)13-22(26)24(23)31-16-17-6-4-3-5-7-17/h3-14H,2,16H2,1H3,(H,28,29)/b21-12-. The van der Waals surface area contributed by atoms with Gasteiger partial charge in [-0.3, -0.25) is 0 Å². The predicted octanol–water partition coefficient (Wildman–Crippen LogP) is 6.08. The van der Waals surface area contributed by atoms with Crippen molar-refractivity contribution < 1.29 is 19.4 Å². The lowest BCUT2D eigenvalue weighted by Crippen LogP contribution is -2.01. The Morgan fingerprint density at radius 1 is 1.06 bits per heavy atom. The van der Waals surface area contributed by atoms with Crippen molar-refractivity contribution in [3.05, 3.63) is 94.0 Å². The van der Waals surface area contributed by atoms with Crippen LogP contribution in [0, 0.1) is 11.3 Å². The van der Waals surface area contributed by atoms with Gasteiger partial charge in [-0.25, -0.2) is 4.79 Å². The molecule has 5 nitrogen and oxygen atoms in total. The number of benzene rings is 3. The van der Waals surface area contributed by atoms with Crippen LogP contribution in [0.5, 0.6) is 11.5 Å². The lowest BCUT2D eigenvalue weighted by Gasteiger charge is -2.15. The average molecular weight is 434 g/mol. The van der Waals surface area contributed by atoms with Crippen LogP contribution in [0.3, 0.4) is 0 Å². The van der Waals surface area contributed by atoms with Gasteiger partial charge >= 0.3 is 5.97 Å². The molecule has 1 N–H and O–H groups in total. The zero-order valence-corrected chi connectivity index (χ0v) is 17.6. The first kappa shape index (κ1) is 21.9. The topological polar surface area (TPSA) is 79.5 Å². The zero-order chi connectivity index (χ0) is 22.2. The Hall–Kier alpha value is -3.75. The first-order chi connectivity index (χ1) is 15.0. The smallest absolute Gasteiger partial charge is 0.335 e. The molecule has 0 radical (unpaired) electrons. The van der Waals surface area contributed by atoms with Crippen molar-refractivity contribution >= 4 is 29.2 Å². The van der Waals surface area contributed by atoms with Crippen LogP contribution in [0.2, 0.25) is 5.02 Å². The summed E-state index contributed by atoms with van der Waals surface area (Å²) in [5, 5.41) is 19.0. The number of aromatic carboxylic acids is 1. The quantitative estimate of drug-likeness (QED) is 0.344. The van der Waals surface area contributed by atoms with E-state index in [9.17, 15) is 10.1 Å². The first-order valence-electron chi connectivity index (χ1n) is 9.60. The number of nitrogens with zero attached hydrogens (tertiary/aromatic N) is 1. The van der Waals surface area contributed by atoms with E-state index in [0.717, 1.165) is 5.56 Å². The molecule has 6 heteroatoms. The third-order valence-electron chi connectivity index (χ3n) is 4.43. The number of carboxylic acid groups (broad SMARTS) is 1. The molecule has 0 amide bonds. The number of ether oxygens (including phenoxy) is 2. The lowest BCUT2D eigenvalue weighted by molar-refractivity contribution is 0.0697. The summed E-state index contributed by atoms with van der Waals surface area (Å²) in [6.07, 6.45) is 1.67. The minimum Gasteiger partial charge on any atom is -0.490 e. The fourth-order valence-electron chi connectivity index (χ4n) is 2.94. The summed E-state index contributed by atoms with van der Waals surface area (Å²) in [5.41, 5.74) is 2.79. The zero-order valence-electron chi connectivity index (χ0n) is 16.8. The summed E-state index contributed by atoms with van der Waals surface area (Å²) in [4.78, 5) is 11.0. The van der Waals surface area contributed by atoms with Gasteiger partial charge in [0.05, 0.1) is 28.8 Å². The van der Waals surface area contributed by atoms with E-state index in [1.165, 1.54) is 12.1 Å². The molecule has 3 aromatic carbocycles. The molecule has 0 heterocycles. The van der Waals surface area contributed by atoms with Crippen molar-refractivity contribution in [2.75, 3.05) is 6.61 Å². The number of hydrogen-bond donors (Lipinski definition) is 1. The van der Waals surface area contributed by atoms with Crippen molar-refractivity contribution in [2.45, 2.75) is 13.5 Å². The summed E-state index contributed by atoms with van der Waals surface area (Å²) in [6.45, 7) is 2.63. The molecule has 0 spiro atoms. The second kappa shape index (κ2) is 10.3. The van der Waals surface area contributed by atoms with Gasteiger partial charge in [-0.15, -0.1) is 0 Å². The molecule has 0 aliphatic heterocycles. The van der Waals surface area contributed by atoms with E-state index in [4.69, 9.17) is 26.2 Å². The maximum atomic E-state index is 11.0. The number of nitriles is 1. The van der Waals surface area contributed by atoms with E-state index in [1.807, 2.05) is 37.3 Å². The van der Waals surface area contributed by atoms with Crippen molar-refractivity contribution in [3.63, 3.8) is 0 Å². The van der Waals surface area contributed by atoms with E-state index in [2.05, 4.69) is 6.07 Å². The highest BCUT2D eigenvalue weighted by molar-refractivity contribution is 6.32. The van der Waals surface area contributed by atoms with Gasteiger partial charge in [0.2, 0.25) is 0 Å². The van der Waals surface area contributed by atoms with Crippen LogP contribution in [0.25, 0.3) is 11.6 Å². The Kier molecular flexibility index (Phi) is 7.31. The number of rotatable bonds is 8. The minimum absolute atomic E-state index is 0.155. The fraction of sp³-hybridized carbons (Fsp3) is 0.120. The molecular formula is C25H20ClNO4. The largest absolute Gasteiger partial charge is 0.490 e. The molecule has 0 aliphatic carbocycles. The molecule has 0 saturated carbocycles. The fourth-order valence-corrected chi connectivity index (χ4v) is 3.22. The van der Waals surface area contributed by atoms with Crippen molar-refractivity contribution in [3.8, 4) is 17.6 Å². The molecule has 0 saturated heterocycles. The third kappa shape index (κ3) is 5.65. The second-order valence-corrected chi connectivity index (χ2v) is 7.00. The maximum absolute atomic E-state index is 11.0. The number of hydrogen-bond acceptors (Lipinski definition) is 4. The Morgan fingerprint density at radius 3 is 2.35 bits per heavy atom. The van der Waals surface area contributed by atoms with Gasteiger partial charge in [0, 0.05) is 0 Å². The highest BCUT2D eigenvalue weighted by Crippen LogP contribution is 2.38.